The van der Waals surface area contributed by atoms with Crippen molar-refractivity contribution >= 4 is 5.91 Å². The van der Waals surface area contributed by atoms with Crippen molar-refractivity contribution in [3.8, 4) is 0 Å². The number of amides is 1. The maximum Gasteiger partial charge on any atom is 0.226 e. The van der Waals surface area contributed by atoms with E-state index >= 15 is 0 Å². The normalized spacial score (nSPS) is 21.8. The Labute approximate surface area is 173 Å². The van der Waals surface area contributed by atoms with E-state index in [1.807, 2.05) is 25.4 Å². The first kappa shape index (κ1) is 20.0. The molecule has 0 spiro atoms. The van der Waals surface area contributed by atoms with Crippen LogP contribution >= 0.6 is 0 Å². The summed E-state index contributed by atoms with van der Waals surface area (Å²) in [7, 11) is 2.16. The lowest BCUT2D eigenvalue weighted by Crippen LogP contribution is -2.46. The number of carbonyl (C=O) groups is 1. The number of fused-ring (bicyclic) bond motifs is 1. The van der Waals surface area contributed by atoms with Gasteiger partial charge in [-0.05, 0) is 69.2 Å². The molecule has 154 valence electrons. The van der Waals surface area contributed by atoms with Gasteiger partial charge in [0.25, 0.3) is 0 Å². The minimum Gasteiger partial charge on any atom is -0.342 e. The SMILES string of the molecule is Cc1ncnc2c1CC(C(=O)N1CCCC(CN(C)Cc3cccnc3)C1)CC2. The van der Waals surface area contributed by atoms with Gasteiger partial charge >= 0.3 is 0 Å². The van der Waals surface area contributed by atoms with Crippen LogP contribution in [0.2, 0.25) is 0 Å². The molecule has 2 aliphatic rings. The molecular weight excluding hydrogens is 362 g/mol. The highest BCUT2D eigenvalue weighted by Gasteiger charge is 2.32. The van der Waals surface area contributed by atoms with Crippen LogP contribution in [-0.2, 0) is 24.2 Å². The topological polar surface area (TPSA) is 62.2 Å². The van der Waals surface area contributed by atoms with Crippen LogP contribution in [-0.4, -0.2) is 57.3 Å². The molecule has 4 rings (SSSR count). The van der Waals surface area contributed by atoms with E-state index in [9.17, 15) is 4.79 Å². The van der Waals surface area contributed by atoms with Crippen LogP contribution in [0.4, 0.5) is 0 Å². The van der Waals surface area contributed by atoms with Gasteiger partial charge in [0.05, 0.1) is 0 Å². The molecule has 1 amide bonds. The summed E-state index contributed by atoms with van der Waals surface area (Å²) in [5.74, 6) is 0.952. The molecule has 2 aromatic heterocycles. The molecule has 0 aromatic carbocycles. The molecule has 2 atom stereocenters. The van der Waals surface area contributed by atoms with Gasteiger partial charge in [0, 0.05) is 55.9 Å². The van der Waals surface area contributed by atoms with Crippen molar-refractivity contribution in [1.82, 2.24) is 24.8 Å². The van der Waals surface area contributed by atoms with Gasteiger partial charge in [0.15, 0.2) is 0 Å². The van der Waals surface area contributed by atoms with Gasteiger partial charge in [-0.25, -0.2) is 9.97 Å². The first-order valence-corrected chi connectivity index (χ1v) is 10.8. The summed E-state index contributed by atoms with van der Waals surface area (Å²) in [6.07, 6.45) is 10.3. The number of aryl methyl sites for hydroxylation is 2. The van der Waals surface area contributed by atoms with Crippen LogP contribution in [0.3, 0.4) is 0 Å². The summed E-state index contributed by atoms with van der Waals surface area (Å²) in [5, 5.41) is 0. The van der Waals surface area contributed by atoms with Gasteiger partial charge < -0.3 is 9.80 Å². The molecule has 6 heteroatoms. The zero-order valence-corrected chi connectivity index (χ0v) is 17.5. The van der Waals surface area contributed by atoms with Crippen molar-refractivity contribution in [2.75, 3.05) is 26.7 Å². The third-order valence-corrected chi connectivity index (χ3v) is 6.36. The Bertz CT molecular complexity index is 840. The molecule has 2 unspecified atom stereocenters. The highest BCUT2D eigenvalue weighted by molar-refractivity contribution is 5.79. The molecule has 3 heterocycles. The summed E-state index contributed by atoms with van der Waals surface area (Å²) < 4.78 is 0. The maximum atomic E-state index is 13.3. The Balaban J connectivity index is 1.33. The number of rotatable bonds is 5. The summed E-state index contributed by atoms with van der Waals surface area (Å²) in [4.78, 5) is 30.7. The summed E-state index contributed by atoms with van der Waals surface area (Å²) in [6.45, 7) is 5.72. The Morgan fingerprint density at radius 3 is 3.03 bits per heavy atom. The molecule has 2 aromatic rings. The fourth-order valence-electron chi connectivity index (χ4n) is 4.88. The largest absolute Gasteiger partial charge is 0.342 e. The van der Waals surface area contributed by atoms with E-state index in [1.165, 1.54) is 17.5 Å². The van der Waals surface area contributed by atoms with Gasteiger partial charge in [0.2, 0.25) is 5.91 Å². The monoisotopic (exact) mass is 393 g/mol. The van der Waals surface area contributed by atoms with Gasteiger partial charge in [-0.2, -0.15) is 0 Å². The smallest absolute Gasteiger partial charge is 0.226 e. The average Bonchev–Trinajstić information content (AvgIpc) is 2.74. The third kappa shape index (κ3) is 4.81. The zero-order valence-electron chi connectivity index (χ0n) is 17.5. The van der Waals surface area contributed by atoms with Gasteiger partial charge in [0.1, 0.15) is 6.33 Å². The van der Waals surface area contributed by atoms with Crippen LogP contribution in [0, 0.1) is 18.8 Å². The molecule has 0 bridgehead atoms. The predicted octanol–water partition coefficient (Wildman–Crippen LogP) is 2.66. The summed E-state index contributed by atoms with van der Waals surface area (Å²) >= 11 is 0. The zero-order chi connectivity index (χ0) is 20.2. The minimum absolute atomic E-state index is 0.0825. The van der Waals surface area contributed by atoms with E-state index < -0.39 is 0 Å². The van der Waals surface area contributed by atoms with Crippen molar-refractivity contribution in [2.45, 2.75) is 45.6 Å². The fourth-order valence-corrected chi connectivity index (χ4v) is 4.88. The molecule has 1 aliphatic carbocycles. The quantitative estimate of drug-likeness (QED) is 0.782. The number of likely N-dealkylation sites (tertiary alicyclic amines) is 1. The van der Waals surface area contributed by atoms with Gasteiger partial charge in [-0.15, -0.1) is 0 Å². The molecule has 1 saturated heterocycles. The van der Waals surface area contributed by atoms with Crippen molar-refractivity contribution < 1.29 is 4.79 Å². The number of piperidine rings is 1. The Kier molecular flexibility index (Phi) is 6.19. The average molecular weight is 394 g/mol. The van der Waals surface area contributed by atoms with Crippen molar-refractivity contribution in [3.05, 3.63) is 53.4 Å². The second-order valence-electron chi connectivity index (χ2n) is 8.67. The van der Waals surface area contributed by atoms with E-state index in [2.05, 4.69) is 37.9 Å². The van der Waals surface area contributed by atoms with Crippen molar-refractivity contribution in [2.24, 2.45) is 11.8 Å². The number of aromatic nitrogens is 3. The Hall–Kier alpha value is -2.34. The van der Waals surface area contributed by atoms with E-state index in [4.69, 9.17) is 0 Å². The van der Waals surface area contributed by atoms with Crippen molar-refractivity contribution in [3.63, 3.8) is 0 Å². The molecule has 1 aliphatic heterocycles. The van der Waals surface area contributed by atoms with Crippen LogP contribution in [0.25, 0.3) is 0 Å². The van der Waals surface area contributed by atoms with E-state index in [-0.39, 0.29) is 5.92 Å². The fraction of sp³-hybridized carbons (Fsp3) is 0.565. The summed E-state index contributed by atoms with van der Waals surface area (Å²) in [6, 6.07) is 4.10. The molecule has 0 radical (unpaired) electrons. The first-order chi connectivity index (χ1) is 14.1. The van der Waals surface area contributed by atoms with Gasteiger partial charge in [-0.1, -0.05) is 6.07 Å². The molecule has 6 nitrogen and oxygen atoms in total. The molecule has 29 heavy (non-hydrogen) atoms. The molecule has 0 saturated carbocycles. The lowest BCUT2D eigenvalue weighted by molar-refractivity contribution is -0.137. The first-order valence-electron chi connectivity index (χ1n) is 10.8. The van der Waals surface area contributed by atoms with Crippen LogP contribution in [0.15, 0.2) is 30.9 Å². The second-order valence-corrected chi connectivity index (χ2v) is 8.67. The van der Waals surface area contributed by atoms with E-state index in [0.717, 1.165) is 63.3 Å². The molecular formula is C23H31N5O. The standard InChI is InChI=1S/C23H31N5O/c1-17-21-11-20(7-8-22(21)26-16-25-17)23(29)28-10-4-6-19(15-28)14-27(2)13-18-5-3-9-24-12-18/h3,5,9,12,16,19-20H,4,6-8,10-11,13-15H2,1-2H3. The van der Waals surface area contributed by atoms with E-state index in [0.29, 0.717) is 11.8 Å². The number of pyridine rings is 1. The Morgan fingerprint density at radius 2 is 2.21 bits per heavy atom. The highest BCUT2D eigenvalue weighted by Crippen LogP contribution is 2.28. The second kappa shape index (κ2) is 8.99. The number of carbonyl (C=O) groups excluding carboxylic acids is 1. The number of nitrogens with zero attached hydrogens (tertiary/aromatic N) is 5. The maximum absolute atomic E-state index is 13.3. The van der Waals surface area contributed by atoms with Gasteiger partial charge in [-0.3, -0.25) is 9.78 Å². The lowest BCUT2D eigenvalue weighted by atomic mass is 9.84. The van der Waals surface area contributed by atoms with Crippen LogP contribution in [0.5, 0.6) is 0 Å². The number of hydrogen-bond donors (Lipinski definition) is 0. The molecule has 1 fully saturated rings. The predicted molar refractivity (Wildman–Crippen MR) is 112 cm³/mol. The van der Waals surface area contributed by atoms with Crippen molar-refractivity contribution in [1.29, 1.82) is 0 Å². The summed E-state index contributed by atoms with van der Waals surface area (Å²) in [5.41, 5.74) is 4.59. The number of hydrogen-bond acceptors (Lipinski definition) is 5. The highest BCUT2D eigenvalue weighted by atomic mass is 16.2. The van der Waals surface area contributed by atoms with Crippen LogP contribution in [0.1, 0.15) is 41.8 Å². The minimum atomic E-state index is 0.0825. The third-order valence-electron chi connectivity index (χ3n) is 6.36. The van der Waals surface area contributed by atoms with Crippen LogP contribution < -0.4 is 0 Å². The molecule has 0 N–H and O–H groups in total. The Morgan fingerprint density at radius 1 is 1.31 bits per heavy atom. The lowest BCUT2D eigenvalue weighted by Gasteiger charge is -2.37. The van der Waals surface area contributed by atoms with E-state index in [1.54, 1.807) is 6.33 Å².